The van der Waals surface area contributed by atoms with Crippen LogP contribution < -0.4 is 5.32 Å². The van der Waals surface area contributed by atoms with Crippen LogP contribution in [0.5, 0.6) is 0 Å². The fourth-order valence-electron chi connectivity index (χ4n) is 3.92. The number of ether oxygens (including phenoxy) is 1. The fraction of sp³-hybridized carbons (Fsp3) is 0.409. The molecule has 0 unspecified atom stereocenters. The molecule has 4 rings (SSSR count). The van der Waals surface area contributed by atoms with Crippen molar-refractivity contribution in [1.82, 2.24) is 14.7 Å². The molecule has 0 atom stereocenters. The van der Waals surface area contributed by atoms with Gasteiger partial charge in [-0.05, 0) is 36.1 Å². The third kappa shape index (κ3) is 4.38. The van der Waals surface area contributed by atoms with Crippen LogP contribution in [0.4, 0.5) is 5.69 Å². The Morgan fingerprint density at radius 2 is 2.03 bits per heavy atom. The summed E-state index contributed by atoms with van der Waals surface area (Å²) in [7, 11) is 3.70. The van der Waals surface area contributed by atoms with E-state index in [-0.39, 0.29) is 25.1 Å². The average molecular weight is 409 g/mol. The molecular weight excluding hydrogens is 382 g/mol. The molecule has 3 aliphatic rings. The lowest BCUT2D eigenvalue weighted by molar-refractivity contribution is -0.131. The number of anilines is 1. The van der Waals surface area contributed by atoms with Crippen LogP contribution in [0, 0.1) is 0 Å². The molecule has 158 valence electrons. The molecule has 8 heteroatoms. The van der Waals surface area contributed by atoms with Crippen molar-refractivity contribution >= 4 is 29.3 Å². The number of carbonyl (C=O) groups is 2. The van der Waals surface area contributed by atoms with Crippen LogP contribution in [0.2, 0.25) is 0 Å². The van der Waals surface area contributed by atoms with Crippen LogP contribution in [0.1, 0.15) is 18.4 Å². The highest BCUT2D eigenvalue weighted by Crippen LogP contribution is 2.26. The first-order chi connectivity index (χ1) is 14.5. The normalized spacial score (nSPS) is 19.5. The molecular formula is C22H27N5O3. The van der Waals surface area contributed by atoms with Crippen LogP contribution in [0.3, 0.4) is 0 Å². The van der Waals surface area contributed by atoms with Gasteiger partial charge < -0.3 is 24.8 Å². The van der Waals surface area contributed by atoms with Gasteiger partial charge in [0.2, 0.25) is 5.91 Å². The van der Waals surface area contributed by atoms with Gasteiger partial charge in [-0.1, -0.05) is 12.1 Å². The molecule has 1 aromatic rings. The Labute approximate surface area is 176 Å². The zero-order valence-electron chi connectivity index (χ0n) is 17.4. The molecule has 8 nitrogen and oxygen atoms in total. The van der Waals surface area contributed by atoms with Crippen LogP contribution in [0.15, 0.2) is 46.7 Å². The molecule has 0 spiro atoms. The van der Waals surface area contributed by atoms with E-state index in [9.17, 15) is 9.59 Å². The maximum absolute atomic E-state index is 12.7. The van der Waals surface area contributed by atoms with E-state index in [1.54, 1.807) is 11.9 Å². The van der Waals surface area contributed by atoms with E-state index in [1.165, 1.54) is 0 Å². The minimum atomic E-state index is -0.143. The standard InChI is InChI=1S/C22H27N5O3/c1-25-11-18(10-23-14-25)16-5-7-19(8-6-16)24-20(28)12-27-9-3-4-17-13-30-15-26(2)22(29)21(17)27/h5-8,10-11H,3-4,9,12-15H2,1-2H3,(H,24,28). The summed E-state index contributed by atoms with van der Waals surface area (Å²) in [5.74, 6) is -0.220. The molecule has 0 saturated heterocycles. The van der Waals surface area contributed by atoms with Gasteiger partial charge in [0, 0.05) is 44.3 Å². The van der Waals surface area contributed by atoms with Crippen LogP contribution >= 0.6 is 0 Å². The second-order valence-electron chi connectivity index (χ2n) is 7.88. The summed E-state index contributed by atoms with van der Waals surface area (Å²) in [5, 5.41) is 2.94. The maximum atomic E-state index is 12.7. The van der Waals surface area contributed by atoms with Crippen molar-refractivity contribution in [1.29, 1.82) is 0 Å². The topological polar surface area (TPSA) is 77.5 Å². The monoisotopic (exact) mass is 409 g/mol. The van der Waals surface area contributed by atoms with E-state index in [1.807, 2.05) is 53.5 Å². The number of likely N-dealkylation sites (N-methyl/N-ethyl adjacent to an activating group) is 1. The number of benzene rings is 1. The summed E-state index contributed by atoms with van der Waals surface area (Å²) in [4.78, 5) is 35.2. The lowest BCUT2D eigenvalue weighted by atomic mass is 10.0. The first-order valence-electron chi connectivity index (χ1n) is 10.1. The molecule has 0 saturated carbocycles. The number of nitrogens with zero attached hydrogens (tertiary/aromatic N) is 4. The molecule has 1 aromatic carbocycles. The highest BCUT2D eigenvalue weighted by atomic mass is 16.5. The first-order valence-corrected chi connectivity index (χ1v) is 10.1. The Morgan fingerprint density at radius 3 is 2.80 bits per heavy atom. The zero-order chi connectivity index (χ0) is 21.1. The molecule has 0 aromatic heterocycles. The summed E-state index contributed by atoms with van der Waals surface area (Å²) < 4.78 is 5.57. The lowest BCUT2D eigenvalue weighted by Gasteiger charge is -2.32. The van der Waals surface area contributed by atoms with E-state index in [4.69, 9.17) is 4.74 Å². The third-order valence-corrected chi connectivity index (χ3v) is 5.40. The van der Waals surface area contributed by atoms with Crippen molar-refractivity contribution in [3.8, 4) is 0 Å². The summed E-state index contributed by atoms with van der Waals surface area (Å²) in [6.07, 6.45) is 5.65. The number of hydrogen-bond acceptors (Lipinski definition) is 6. The SMILES string of the molecule is CN1C=C(c2ccc(NC(=O)CN3CCCC4=C3C(=O)N(C)COC4)cc2)C=NC1. The van der Waals surface area contributed by atoms with Gasteiger partial charge in [-0.3, -0.25) is 14.6 Å². The largest absolute Gasteiger partial charge is 0.361 e. The number of rotatable bonds is 4. The molecule has 30 heavy (non-hydrogen) atoms. The summed E-state index contributed by atoms with van der Waals surface area (Å²) in [6.45, 7) is 2.21. The average Bonchev–Trinajstić information content (AvgIpc) is 2.88. The third-order valence-electron chi connectivity index (χ3n) is 5.40. The summed E-state index contributed by atoms with van der Waals surface area (Å²) in [6, 6.07) is 7.70. The molecule has 0 aliphatic carbocycles. The molecule has 0 radical (unpaired) electrons. The van der Waals surface area contributed by atoms with E-state index in [0.717, 1.165) is 35.2 Å². The van der Waals surface area contributed by atoms with Crippen molar-refractivity contribution in [2.45, 2.75) is 12.8 Å². The number of allylic oxidation sites excluding steroid dienone is 1. The van der Waals surface area contributed by atoms with Gasteiger partial charge in [0.15, 0.2) is 0 Å². The van der Waals surface area contributed by atoms with Gasteiger partial charge in [0.05, 0.1) is 13.2 Å². The van der Waals surface area contributed by atoms with Gasteiger partial charge in [-0.25, -0.2) is 0 Å². The first kappa shape index (κ1) is 20.2. The fourth-order valence-corrected chi connectivity index (χ4v) is 3.92. The van der Waals surface area contributed by atoms with Gasteiger partial charge in [-0.2, -0.15) is 0 Å². The Hall–Kier alpha value is -3.13. The highest BCUT2D eigenvalue weighted by Gasteiger charge is 2.31. The molecule has 0 fully saturated rings. The van der Waals surface area contributed by atoms with E-state index in [0.29, 0.717) is 25.5 Å². The molecule has 0 bridgehead atoms. The molecule has 3 heterocycles. The predicted octanol–water partition coefficient (Wildman–Crippen LogP) is 1.74. The molecule has 3 aliphatic heterocycles. The van der Waals surface area contributed by atoms with Crippen molar-refractivity contribution in [3.63, 3.8) is 0 Å². The molecule has 1 N–H and O–H groups in total. The van der Waals surface area contributed by atoms with Crippen LogP contribution in [-0.2, 0) is 14.3 Å². The van der Waals surface area contributed by atoms with Gasteiger partial charge in [-0.15, -0.1) is 0 Å². The van der Waals surface area contributed by atoms with E-state index < -0.39 is 0 Å². The maximum Gasteiger partial charge on any atom is 0.271 e. The molecule has 2 amide bonds. The van der Waals surface area contributed by atoms with Crippen molar-refractivity contribution in [2.24, 2.45) is 4.99 Å². The zero-order valence-corrected chi connectivity index (χ0v) is 17.4. The second kappa shape index (κ2) is 8.71. The van der Waals surface area contributed by atoms with Crippen molar-refractivity contribution in [3.05, 3.63) is 47.3 Å². The number of carbonyl (C=O) groups excluding carboxylic acids is 2. The number of hydrogen-bond donors (Lipinski definition) is 1. The second-order valence-corrected chi connectivity index (χ2v) is 7.88. The van der Waals surface area contributed by atoms with Crippen molar-refractivity contribution < 1.29 is 14.3 Å². The Balaban J connectivity index is 1.42. The Bertz CT molecular complexity index is 919. The van der Waals surface area contributed by atoms with Gasteiger partial charge in [0.1, 0.15) is 19.1 Å². The van der Waals surface area contributed by atoms with Crippen LogP contribution in [-0.4, -0.2) is 79.9 Å². The summed E-state index contributed by atoms with van der Waals surface area (Å²) >= 11 is 0. The number of amides is 2. The van der Waals surface area contributed by atoms with Crippen LogP contribution in [0.25, 0.3) is 5.57 Å². The van der Waals surface area contributed by atoms with E-state index >= 15 is 0 Å². The predicted molar refractivity (Wildman–Crippen MR) is 116 cm³/mol. The van der Waals surface area contributed by atoms with Gasteiger partial charge in [0.25, 0.3) is 5.91 Å². The summed E-state index contributed by atoms with van der Waals surface area (Å²) in [5.41, 5.74) is 4.41. The lowest BCUT2D eigenvalue weighted by Crippen LogP contribution is -2.42. The number of nitrogens with one attached hydrogen (secondary N) is 1. The number of aliphatic imine (C=N–C) groups is 1. The highest BCUT2D eigenvalue weighted by molar-refractivity contribution is 6.10. The smallest absolute Gasteiger partial charge is 0.271 e. The minimum Gasteiger partial charge on any atom is -0.361 e. The Kier molecular flexibility index (Phi) is 5.85. The quantitative estimate of drug-likeness (QED) is 0.820. The van der Waals surface area contributed by atoms with Gasteiger partial charge >= 0.3 is 0 Å². The Morgan fingerprint density at radius 1 is 1.23 bits per heavy atom. The van der Waals surface area contributed by atoms with Crippen molar-refractivity contribution in [2.75, 3.05) is 52.5 Å². The minimum absolute atomic E-state index is 0.0771. The van der Waals surface area contributed by atoms with E-state index in [2.05, 4.69) is 10.3 Å².